The molecule has 4 heteroatoms. The van der Waals surface area contributed by atoms with Crippen molar-refractivity contribution in [3.8, 4) is 5.75 Å². The molecule has 1 nitrogen and oxygen atoms in total. The Labute approximate surface area is 76.0 Å². The Bertz CT molecular complexity index is 237. The molecule has 0 spiro atoms. The fraction of sp³-hybridized carbons (Fsp3) is 0. The van der Waals surface area contributed by atoms with Gasteiger partial charge in [-0.05, 0) is 28.7 Å². The molecule has 53 valence electrons. The Morgan fingerprint density at radius 2 is 2.30 bits per heavy atom. The summed E-state index contributed by atoms with van der Waals surface area (Å²) in [6.07, 6.45) is 0. The van der Waals surface area contributed by atoms with Gasteiger partial charge in [0.15, 0.2) is 5.82 Å². The summed E-state index contributed by atoms with van der Waals surface area (Å²) < 4.78 is 12.8. The SMILES string of the molecule is Oc1[c]cc(Cl)c(F)c1I. The lowest BCUT2D eigenvalue weighted by Crippen LogP contribution is -1.83. The second-order valence-electron chi connectivity index (χ2n) is 1.61. The predicted octanol–water partition coefficient (Wildman–Crippen LogP) is 2.59. The van der Waals surface area contributed by atoms with E-state index >= 15 is 0 Å². The standard InChI is InChI=1S/C6H2ClFIO/c7-3-1-2-4(10)6(9)5(3)8/h1,10H. The summed E-state index contributed by atoms with van der Waals surface area (Å²) in [5.74, 6) is -0.805. The number of rotatable bonds is 0. The van der Waals surface area contributed by atoms with Gasteiger partial charge in [-0.3, -0.25) is 0 Å². The highest BCUT2D eigenvalue weighted by atomic mass is 127. The van der Waals surface area contributed by atoms with E-state index in [-0.39, 0.29) is 14.3 Å². The number of benzene rings is 1. The molecule has 0 aliphatic heterocycles. The molecular weight excluding hydrogens is 269 g/mol. The van der Waals surface area contributed by atoms with Gasteiger partial charge in [0.1, 0.15) is 5.75 Å². The summed E-state index contributed by atoms with van der Waals surface area (Å²) in [5.41, 5.74) is 0. The second-order valence-corrected chi connectivity index (χ2v) is 3.10. The van der Waals surface area contributed by atoms with Gasteiger partial charge in [-0.25, -0.2) is 4.39 Å². The third kappa shape index (κ3) is 1.34. The number of hydrogen-bond donors (Lipinski definition) is 1. The van der Waals surface area contributed by atoms with Crippen molar-refractivity contribution in [1.29, 1.82) is 0 Å². The molecule has 1 radical (unpaired) electrons. The largest absolute Gasteiger partial charge is 0.506 e. The minimum atomic E-state index is -0.599. The topological polar surface area (TPSA) is 20.2 Å². The van der Waals surface area contributed by atoms with Crippen LogP contribution in [0.15, 0.2) is 6.07 Å². The number of phenols is 1. The molecule has 1 N–H and O–H groups in total. The zero-order valence-corrected chi connectivity index (χ0v) is 7.57. The highest BCUT2D eigenvalue weighted by Crippen LogP contribution is 2.26. The molecule has 0 amide bonds. The van der Waals surface area contributed by atoms with Gasteiger partial charge < -0.3 is 5.11 Å². The van der Waals surface area contributed by atoms with Gasteiger partial charge in [0.05, 0.1) is 8.59 Å². The van der Waals surface area contributed by atoms with Crippen LogP contribution >= 0.6 is 34.2 Å². The zero-order chi connectivity index (χ0) is 7.72. The van der Waals surface area contributed by atoms with Crippen molar-refractivity contribution in [3.63, 3.8) is 0 Å². The highest BCUT2D eigenvalue weighted by molar-refractivity contribution is 14.1. The van der Waals surface area contributed by atoms with Crippen molar-refractivity contribution in [1.82, 2.24) is 0 Å². The third-order valence-electron chi connectivity index (χ3n) is 0.946. The minimum absolute atomic E-state index is 0.0257. The fourth-order valence-electron chi connectivity index (χ4n) is 0.467. The molecule has 0 unspecified atom stereocenters. The van der Waals surface area contributed by atoms with Crippen LogP contribution in [-0.2, 0) is 0 Å². The third-order valence-corrected chi connectivity index (χ3v) is 2.21. The first-order valence-electron chi connectivity index (χ1n) is 2.37. The molecule has 0 saturated carbocycles. The molecule has 0 heterocycles. The summed E-state index contributed by atoms with van der Waals surface area (Å²) in [4.78, 5) is 0. The fourth-order valence-corrected chi connectivity index (χ4v) is 1.22. The van der Waals surface area contributed by atoms with Crippen LogP contribution < -0.4 is 0 Å². The van der Waals surface area contributed by atoms with Crippen LogP contribution in [0.25, 0.3) is 0 Å². The van der Waals surface area contributed by atoms with E-state index in [2.05, 4.69) is 6.07 Å². The van der Waals surface area contributed by atoms with Gasteiger partial charge in [-0.15, -0.1) is 0 Å². The van der Waals surface area contributed by atoms with Crippen molar-refractivity contribution in [2.24, 2.45) is 0 Å². The summed E-state index contributed by atoms with van der Waals surface area (Å²) in [6, 6.07) is 3.57. The van der Waals surface area contributed by atoms with Gasteiger partial charge in [0.2, 0.25) is 0 Å². The monoisotopic (exact) mass is 271 g/mol. The molecule has 0 aliphatic carbocycles. The van der Waals surface area contributed by atoms with Crippen LogP contribution in [0.5, 0.6) is 5.75 Å². The molecule has 0 fully saturated rings. The molecule has 0 aliphatic rings. The van der Waals surface area contributed by atoms with E-state index in [0.29, 0.717) is 0 Å². The molecule has 0 aromatic heterocycles. The van der Waals surface area contributed by atoms with Crippen LogP contribution in [0, 0.1) is 15.5 Å². The van der Waals surface area contributed by atoms with Gasteiger partial charge in [-0.1, -0.05) is 11.6 Å². The van der Waals surface area contributed by atoms with Gasteiger partial charge in [0.25, 0.3) is 0 Å². The summed E-state index contributed by atoms with van der Waals surface area (Å²) >= 11 is 7.02. The first-order valence-corrected chi connectivity index (χ1v) is 3.82. The number of aromatic hydroxyl groups is 1. The normalized spacial score (nSPS) is 9.90. The van der Waals surface area contributed by atoms with E-state index in [4.69, 9.17) is 16.7 Å². The Hall–Kier alpha value is -0.0300. The molecule has 10 heavy (non-hydrogen) atoms. The molecule has 0 bridgehead atoms. The zero-order valence-electron chi connectivity index (χ0n) is 4.66. The van der Waals surface area contributed by atoms with Gasteiger partial charge in [-0.2, -0.15) is 0 Å². The van der Waals surface area contributed by atoms with Crippen molar-refractivity contribution in [2.75, 3.05) is 0 Å². The first kappa shape index (κ1) is 8.07. The van der Waals surface area contributed by atoms with Crippen LogP contribution in [0.4, 0.5) is 4.39 Å². The number of phenolic OH excluding ortho intramolecular Hbond substituents is 1. The van der Waals surface area contributed by atoms with E-state index < -0.39 is 5.82 Å². The molecule has 0 atom stereocenters. The number of hydrogen-bond acceptors (Lipinski definition) is 1. The average Bonchev–Trinajstić information content (AvgIpc) is 1.93. The maximum absolute atomic E-state index is 12.7. The van der Waals surface area contributed by atoms with E-state index in [0.717, 1.165) is 0 Å². The van der Waals surface area contributed by atoms with E-state index in [1.165, 1.54) is 6.07 Å². The molecule has 1 aromatic carbocycles. The smallest absolute Gasteiger partial charge is 0.158 e. The quantitative estimate of drug-likeness (QED) is 0.568. The lowest BCUT2D eigenvalue weighted by Gasteiger charge is -1.97. The van der Waals surface area contributed by atoms with Crippen LogP contribution in [0.2, 0.25) is 5.02 Å². The van der Waals surface area contributed by atoms with Gasteiger partial charge in [0, 0.05) is 6.07 Å². The summed E-state index contributed by atoms with van der Waals surface area (Å²) in [6.45, 7) is 0. The van der Waals surface area contributed by atoms with E-state index in [9.17, 15) is 4.39 Å². The van der Waals surface area contributed by atoms with E-state index in [1.807, 2.05) is 0 Å². The average molecular weight is 271 g/mol. The van der Waals surface area contributed by atoms with Crippen LogP contribution in [0.1, 0.15) is 0 Å². The van der Waals surface area contributed by atoms with Crippen molar-refractivity contribution in [2.45, 2.75) is 0 Å². The maximum atomic E-state index is 12.7. The second kappa shape index (κ2) is 2.92. The first-order chi connectivity index (χ1) is 4.63. The lowest BCUT2D eigenvalue weighted by molar-refractivity contribution is 0.462. The van der Waals surface area contributed by atoms with Crippen molar-refractivity contribution >= 4 is 34.2 Å². The minimum Gasteiger partial charge on any atom is -0.506 e. The van der Waals surface area contributed by atoms with Crippen LogP contribution in [0.3, 0.4) is 0 Å². The number of halogens is 3. The Morgan fingerprint density at radius 1 is 1.70 bits per heavy atom. The lowest BCUT2D eigenvalue weighted by atomic mass is 10.3. The molecule has 0 saturated heterocycles. The Morgan fingerprint density at radius 3 is 2.80 bits per heavy atom. The van der Waals surface area contributed by atoms with Crippen molar-refractivity contribution < 1.29 is 9.50 Å². The Kier molecular flexibility index (Phi) is 2.36. The molecule has 1 aromatic rings. The summed E-state index contributed by atoms with van der Waals surface area (Å²) in [5, 5.41) is 8.84. The molecule has 1 rings (SSSR count). The van der Waals surface area contributed by atoms with E-state index in [1.54, 1.807) is 22.6 Å². The predicted molar refractivity (Wildman–Crippen MR) is 44.6 cm³/mol. The van der Waals surface area contributed by atoms with Crippen LogP contribution in [-0.4, -0.2) is 5.11 Å². The molecular formula is C6H2ClFIO. The highest BCUT2D eigenvalue weighted by Gasteiger charge is 2.07. The summed E-state index contributed by atoms with van der Waals surface area (Å²) in [7, 11) is 0. The van der Waals surface area contributed by atoms with Gasteiger partial charge >= 0.3 is 0 Å². The Balaban J connectivity index is 3.34. The maximum Gasteiger partial charge on any atom is 0.158 e. The van der Waals surface area contributed by atoms with Crippen molar-refractivity contribution in [3.05, 3.63) is 26.5 Å².